The molecule has 0 fully saturated rings. The maximum Gasteiger partial charge on any atom is 0.191 e. The van der Waals surface area contributed by atoms with E-state index in [1.165, 1.54) is 0 Å². The van der Waals surface area contributed by atoms with E-state index in [1.54, 1.807) is 0 Å². The van der Waals surface area contributed by atoms with E-state index in [4.69, 9.17) is 4.74 Å². The number of hydrogen-bond acceptors (Lipinski definition) is 3. The molecule has 0 heterocycles. The molecule has 0 unspecified atom stereocenters. The van der Waals surface area contributed by atoms with Crippen LogP contribution in [0.2, 0.25) is 0 Å². The Kier molecular flexibility index (Phi) is 12.4. The van der Waals surface area contributed by atoms with Crippen LogP contribution in [-0.4, -0.2) is 63.3 Å². The van der Waals surface area contributed by atoms with Gasteiger partial charge in [0.25, 0.3) is 0 Å². The Balaban J connectivity index is 3.68. The van der Waals surface area contributed by atoms with Crippen molar-refractivity contribution in [2.45, 2.75) is 47.1 Å². The monoisotopic (exact) mass is 300 g/mol. The summed E-state index contributed by atoms with van der Waals surface area (Å²) in [7, 11) is 1.81. The number of aliphatic imine (C=N–C) groups is 1. The van der Waals surface area contributed by atoms with Gasteiger partial charge in [-0.2, -0.15) is 0 Å². The molecule has 0 aliphatic heterocycles. The van der Waals surface area contributed by atoms with Gasteiger partial charge in [-0.1, -0.05) is 20.8 Å². The third-order valence-electron chi connectivity index (χ3n) is 3.26. The van der Waals surface area contributed by atoms with Crippen molar-refractivity contribution < 1.29 is 4.74 Å². The zero-order chi connectivity index (χ0) is 16.1. The van der Waals surface area contributed by atoms with Crippen LogP contribution in [0, 0.1) is 5.92 Å². The van der Waals surface area contributed by atoms with Gasteiger partial charge in [0, 0.05) is 45.9 Å². The Bertz CT molecular complexity index is 267. The molecule has 0 bridgehead atoms. The van der Waals surface area contributed by atoms with Gasteiger partial charge in [-0.25, -0.2) is 0 Å². The van der Waals surface area contributed by atoms with Crippen molar-refractivity contribution in [1.29, 1.82) is 0 Å². The second-order valence-corrected chi connectivity index (χ2v) is 5.97. The first-order chi connectivity index (χ1) is 10.0. The molecule has 5 heteroatoms. The summed E-state index contributed by atoms with van der Waals surface area (Å²) in [6, 6.07) is 0.588. The van der Waals surface area contributed by atoms with Crippen LogP contribution in [0.3, 0.4) is 0 Å². The summed E-state index contributed by atoms with van der Waals surface area (Å²) in [4.78, 5) is 6.67. The fourth-order valence-corrected chi connectivity index (χ4v) is 2.02. The Morgan fingerprint density at radius 1 is 1.14 bits per heavy atom. The first-order valence-corrected chi connectivity index (χ1v) is 8.27. The molecule has 21 heavy (non-hydrogen) atoms. The SMILES string of the molecule is CCN(CCNC(=NC)NCCCOCC(C)C)C(C)C. The lowest BCUT2D eigenvalue weighted by Gasteiger charge is -2.25. The number of rotatable bonds is 11. The minimum absolute atomic E-state index is 0.588. The van der Waals surface area contributed by atoms with Crippen LogP contribution >= 0.6 is 0 Å². The summed E-state index contributed by atoms with van der Waals surface area (Å²) in [6.45, 7) is 16.6. The Labute approximate surface area is 131 Å². The lowest BCUT2D eigenvalue weighted by Crippen LogP contribution is -2.43. The van der Waals surface area contributed by atoms with Crippen LogP contribution in [0.25, 0.3) is 0 Å². The molecular weight excluding hydrogens is 264 g/mol. The minimum atomic E-state index is 0.588. The number of nitrogens with zero attached hydrogens (tertiary/aromatic N) is 2. The minimum Gasteiger partial charge on any atom is -0.381 e. The Morgan fingerprint density at radius 2 is 1.81 bits per heavy atom. The van der Waals surface area contributed by atoms with Crippen LogP contribution in [0.1, 0.15) is 41.0 Å². The summed E-state index contributed by atoms with van der Waals surface area (Å²) in [6.07, 6.45) is 1.00. The highest BCUT2D eigenvalue weighted by Gasteiger charge is 2.06. The summed E-state index contributed by atoms with van der Waals surface area (Å²) in [5.41, 5.74) is 0. The van der Waals surface area contributed by atoms with Crippen molar-refractivity contribution in [3.63, 3.8) is 0 Å². The molecule has 126 valence electrons. The maximum absolute atomic E-state index is 5.56. The van der Waals surface area contributed by atoms with E-state index >= 15 is 0 Å². The molecule has 0 aliphatic carbocycles. The molecule has 0 spiro atoms. The van der Waals surface area contributed by atoms with Crippen LogP contribution < -0.4 is 10.6 Å². The van der Waals surface area contributed by atoms with E-state index in [9.17, 15) is 0 Å². The Hall–Kier alpha value is -0.810. The fourth-order valence-electron chi connectivity index (χ4n) is 2.02. The first-order valence-electron chi connectivity index (χ1n) is 8.27. The van der Waals surface area contributed by atoms with Crippen molar-refractivity contribution >= 4 is 5.96 Å². The topological polar surface area (TPSA) is 48.9 Å². The second-order valence-electron chi connectivity index (χ2n) is 5.97. The van der Waals surface area contributed by atoms with Gasteiger partial charge < -0.3 is 15.4 Å². The summed E-state index contributed by atoms with van der Waals surface area (Å²) < 4.78 is 5.56. The van der Waals surface area contributed by atoms with Crippen LogP contribution in [0.4, 0.5) is 0 Å². The molecule has 0 aromatic carbocycles. The van der Waals surface area contributed by atoms with Gasteiger partial charge in [0.1, 0.15) is 0 Å². The molecule has 5 nitrogen and oxygen atoms in total. The molecule has 0 aromatic heterocycles. The zero-order valence-electron chi connectivity index (χ0n) is 14.9. The predicted molar refractivity (Wildman–Crippen MR) is 92.0 cm³/mol. The molecule has 0 saturated carbocycles. The average molecular weight is 300 g/mol. The van der Waals surface area contributed by atoms with Crippen molar-refractivity contribution in [2.75, 3.05) is 46.4 Å². The number of guanidine groups is 1. The predicted octanol–water partition coefficient (Wildman–Crippen LogP) is 1.94. The van der Waals surface area contributed by atoms with Crippen molar-refractivity contribution in [3.8, 4) is 0 Å². The maximum atomic E-state index is 5.56. The summed E-state index contributed by atoms with van der Waals surface area (Å²) in [5, 5.41) is 6.67. The lowest BCUT2D eigenvalue weighted by atomic mass is 10.2. The van der Waals surface area contributed by atoms with E-state index in [0.29, 0.717) is 12.0 Å². The van der Waals surface area contributed by atoms with E-state index in [0.717, 1.165) is 51.8 Å². The standard InChI is InChI=1S/C16H36N4O/c1-7-20(15(4)5)11-10-19-16(17-6)18-9-8-12-21-13-14(2)3/h14-15H,7-13H2,1-6H3,(H2,17,18,19). The number of nitrogens with one attached hydrogen (secondary N) is 2. The number of likely N-dealkylation sites (N-methyl/N-ethyl adjacent to an activating group) is 1. The van der Waals surface area contributed by atoms with Gasteiger partial charge in [0.15, 0.2) is 5.96 Å². The highest BCUT2D eigenvalue weighted by atomic mass is 16.5. The molecule has 0 amide bonds. The van der Waals surface area contributed by atoms with Crippen LogP contribution in [0.15, 0.2) is 4.99 Å². The first kappa shape index (κ1) is 20.2. The van der Waals surface area contributed by atoms with Gasteiger partial charge >= 0.3 is 0 Å². The highest BCUT2D eigenvalue weighted by molar-refractivity contribution is 5.79. The highest BCUT2D eigenvalue weighted by Crippen LogP contribution is 1.95. The second kappa shape index (κ2) is 12.9. The van der Waals surface area contributed by atoms with Crippen LogP contribution in [0.5, 0.6) is 0 Å². The van der Waals surface area contributed by atoms with Gasteiger partial charge in [-0.3, -0.25) is 9.89 Å². The third-order valence-corrected chi connectivity index (χ3v) is 3.26. The summed E-state index contributed by atoms with van der Waals surface area (Å²) in [5.74, 6) is 1.48. The van der Waals surface area contributed by atoms with Gasteiger partial charge in [-0.15, -0.1) is 0 Å². The summed E-state index contributed by atoms with van der Waals surface area (Å²) >= 11 is 0. The van der Waals surface area contributed by atoms with E-state index in [1.807, 2.05) is 7.05 Å². The van der Waals surface area contributed by atoms with Crippen molar-refractivity contribution in [1.82, 2.24) is 15.5 Å². The largest absolute Gasteiger partial charge is 0.381 e. The van der Waals surface area contributed by atoms with Crippen molar-refractivity contribution in [3.05, 3.63) is 0 Å². The molecule has 0 aromatic rings. The average Bonchev–Trinajstić information content (AvgIpc) is 2.44. The molecule has 0 aliphatic rings. The smallest absolute Gasteiger partial charge is 0.191 e. The zero-order valence-corrected chi connectivity index (χ0v) is 14.9. The van der Waals surface area contributed by atoms with Crippen LogP contribution in [-0.2, 0) is 4.74 Å². The molecule has 0 atom stereocenters. The third kappa shape index (κ3) is 11.5. The van der Waals surface area contributed by atoms with Gasteiger partial charge in [-0.05, 0) is 32.7 Å². The van der Waals surface area contributed by atoms with E-state index in [2.05, 4.69) is 55.1 Å². The normalized spacial score (nSPS) is 12.5. The number of hydrogen-bond donors (Lipinski definition) is 2. The Morgan fingerprint density at radius 3 is 2.33 bits per heavy atom. The molecular formula is C16H36N4O. The fraction of sp³-hybridized carbons (Fsp3) is 0.938. The van der Waals surface area contributed by atoms with Gasteiger partial charge in [0.2, 0.25) is 0 Å². The lowest BCUT2D eigenvalue weighted by molar-refractivity contribution is 0.108. The van der Waals surface area contributed by atoms with E-state index < -0.39 is 0 Å². The molecule has 0 radical (unpaired) electrons. The molecule has 2 N–H and O–H groups in total. The molecule has 0 saturated heterocycles. The van der Waals surface area contributed by atoms with Crippen molar-refractivity contribution in [2.24, 2.45) is 10.9 Å². The molecule has 0 rings (SSSR count). The quantitative estimate of drug-likeness (QED) is 0.348. The van der Waals surface area contributed by atoms with E-state index in [-0.39, 0.29) is 0 Å². The number of ether oxygens (including phenoxy) is 1. The van der Waals surface area contributed by atoms with Gasteiger partial charge in [0.05, 0.1) is 0 Å².